The fourth-order valence-corrected chi connectivity index (χ4v) is 2.39. The number of aryl methyl sites for hydroxylation is 1. The van der Waals surface area contributed by atoms with Crippen molar-refractivity contribution in [1.29, 1.82) is 0 Å². The van der Waals surface area contributed by atoms with Crippen LogP contribution >= 0.6 is 11.6 Å². The number of hydrogen-bond donors (Lipinski definition) is 0. The quantitative estimate of drug-likeness (QED) is 0.754. The van der Waals surface area contributed by atoms with E-state index in [2.05, 4.69) is 20.0 Å². The molecular weight excluding hydrogens is 254 g/mol. The van der Waals surface area contributed by atoms with E-state index in [-0.39, 0.29) is 6.10 Å². The Morgan fingerprint density at radius 2 is 2.39 bits per heavy atom. The second-order valence-electron chi connectivity index (χ2n) is 4.30. The molecule has 0 radical (unpaired) electrons. The number of rotatable bonds is 2. The first-order chi connectivity index (χ1) is 8.79. The molecule has 0 saturated carbocycles. The van der Waals surface area contributed by atoms with Crippen LogP contribution < -0.4 is 4.90 Å². The molecule has 0 bridgehead atoms. The van der Waals surface area contributed by atoms with Gasteiger partial charge in [0.05, 0.1) is 30.2 Å². The Balaban J connectivity index is 1.98. The summed E-state index contributed by atoms with van der Waals surface area (Å²) in [6, 6.07) is 0. The molecule has 1 atom stereocenters. The molecule has 3 rings (SSSR count). The SMILES string of the molecule is Cn1ncc2c(N3CCOC(CCl)C3)ncnc21. The van der Waals surface area contributed by atoms with Crippen molar-refractivity contribution in [1.82, 2.24) is 19.7 Å². The third-order valence-corrected chi connectivity index (χ3v) is 3.46. The average molecular weight is 268 g/mol. The molecule has 1 aliphatic rings. The van der Waals surface area contributed by atoms with Crippen molar-refractivity contribution in [2.24, 2.45) is 7.05 Å². The van der Waals surface area contributed by atoms with E-state index in [1.54, 1.807) is 17.2 Å². The molecule has 1 unspecified atom stereocenters. The summed E-state index contributed by atoms with van der Waals surface area (Å²) in [5.74, 6) is 1.41. The Kier molecular flexibility index (Phi) is 3.05. The van der Waals surface area contributed by atoms with Crippen molar-refractivity contribution in [2.75, 3.05) is 30.5 Å². The second-order valence-corrected chi connectivity index (χ2v) is 4.60. The number of hydrogen-bond acceptors (Lipinski definition) is 5. The van der Waals surface area contributed by atoms with E-state index in [9.17, 15) is 0 Å². The summed E-state index contributed by atoms with van der Waals surface area (Å²) in [7, 11) is 1.87. The van der Waals surface area contributed by atoms with Crippen LogP contribution in [0.25, 0.3) is 11.0 Å². The van der Waals surface area contributed by atoms with Crippen molar-refractivity contribution >= 4 is 28.5 Å². The molecule has 1 aliphatic heterocycles. The number of aromatic nitrogens is 4. The molecule has 18 heavy (non-hydrogen) atoms. The summed E-state index contributed by atoms with van der Waals surface area (Å²) < 4.78 is 7.31. The molecule has 1 saturated heterocycles. The zero-order valence-corrected chi connectivity index (χ0v) is 10.8. The van der Waals surface area contributed by atoms with Crippen molar-refractivity contribution in [3.8, 4) is 0 Å². The summed E-state index contributed by atoms with van der Waals surface area (Å²) in [4.78, 5) is 10.8. The van der Waals surface area contributed by atoms with Gasteiger partial charge in [-0.15, -0.1) is 11.6 Å². The number of morpholine rings is 1. The van der Waals surface area contributed by atoms with Crippen LogP contribution in [0.15, 0.2) is 12.5 Å². The maximum Gasteiger partial charge on any atom is 0.163 e. The highest BCUT2D eigenvalue weighted by Crippen LogP contribution is 2.23. The monoisotopic (exact) mass is 267 g/mol. The fourth-order valence-electron chi connectivity index (χ4n) is 2.21. The molecular formula is C11H14ClN5O. The average Bonchev–Trinajstić information content (AvgIpc) is 2.81. The van der Waals surface area contributed by atoms with Gasteiger partial charge in [0.15, 0.2) is 5.65 Å². The van der Waals surface area contributed by atoms with Crippen molar-refractivity contribution in [2.45, 2.75) is 6.10 Å². The summed E-state index contributed by atoms with van der Waals surface area (Å²) in [6.45, 7) is 2.24. The van der Waals surface area contributed by atoms with Gasteiger partial charge < -0.3 is 9.64 Å². The third kappa shape index (κ3) is 1.91. The highest BCUT2D eigenvalue weighted by atomic mass is 35.5. The van der Waals surface area contributed by atoms with E-state index in [1.807, 2.05) is 7.05 Å². The number of alkyl halides is 1. The van der Waals surface area contributed by atoms with E-state index in [0.29, 0.717) is 12.5 Å². The van der Waals surface area contributed by atoms with Gasteiger partial charge in [-0.25, -0.2) is 9.97 Å². The van der Waals surface area contributed by atoms with Gasteiger partial charge >= 0.3 is 0 Å². The van der Waals surface area contributed by atoms with Crippen LogP contribution in [0.4, 0.5) is 5.82 Å². The molecule has 3 heterocycles. The largest absolute Gasteiger partial charge is 0.373 e. The van der Waals surface area contributed by atoms with Crippen LogP contribution in [-0.4, -0.2) is 51.4 Å². The maximum atomic E-state index is 5.85. The molecule has 2 aromatic rings. The zero-order chi connectivity index (χ0) is 12.5. The lowest BCUT2D eigenvalue weighted by Crippen LogP contribution is -2.43. The molecule has 0 aliphatic carbocycles. The first-order valence-electron chi connectivity index (χ1n) is 5.85. The number of fused-ring (bicyclic) bond motifs is 1. The highest BCUT2D eigenvalue weighted by Gasteiger charge is 2.23. The number of ether oxygens (including phenoxy) is 1. The zero-order valence-electron chi connectivity index (χ0n) is 10.1. The van der Waals surface area contributed by atoms with Crippen molar-refractivity contribution in [3.63, 3.8) is 0 Å². The minimum absolute atomic E-state index is 0.0575. The molecule has 0 aromatic carbocycles. The van der Waals surface area contributed by atoms with Crippen LogP contribution in [-0.2, 0) is 11.8 Å². The minimum Gasteiger partial charge on any atom is -0.373 e. The fraction of sp³-hybridized carbons (Fsp3) is 0.545. The van der Waals surface area contributed by atoms with Gasteiger partial charge in [-0.3, -0.25) is 4.68 Å². The second kappa shape index (κ2) is 4.70. The van der Waals surface area contributed by atoms with E-state index in [1.165, 1.54) is 0 Å². The van der Waals surface area contributed by atoms with Crippen molar-refractivity contribution in [3.05, 3.63) is 12.5 Å². The molecule has 96 valence electrons. The Hall–Kier alpha value is -1.40. The predicted molar refractivity (Wildman–Crippen MR) is 69.0 cm³/mol. The smallest absolute Gasteiger partial charge is 0.163 e. The van der Waals surface area contributed by atoms with Gasteiger partial charge in [-0.1, -0.05) is 0 Å². The molecule has 2 aromatic heterocycles. The summed E-state index contributed by atoms with van der Waals surface area (Å²) in [5, 5.41) is 5.19. The molecule has 6 nitrogen and oxygen atoms in total. The first-order valence-corrected chi connectivity index (χ1v) is 6.38. The van der Waals surface area contributed by atoms with Crippen LogP contribution in [0.3, 0.4) is 0 Å². The van der Waals surface area contributed by atoms with Crippen LogP contribution in [0.1, 0.15) is 0 Å². The molecule has 7 heteroatoms. The van der Waals surface area contributed by atoms with Crippen LogP contribution in [0.2, 0.25) is 0 Å². The molecule has 1 fully saturated rings. The molecule has 0 spiro atoms. The minimum atomic E-state index is 0.0575. The van der Waals surface area contributed by atoms with Crippen molar-refractivity contribution < 1.29 is 4.74 Å². The lowest BCUT2D eigenvalue weighted by molar-refractivity contribution is 0.0553. The van der Waals surface area contributed by atoms with E-state index >= 15 is 0 Å². The van der Waals surface area contributed by atoms with Gasteiger partial charge in [-0.2, -0.15) is 5.10 Å². The number of nitrogens with zero attached hydrogens (tertiary/aromatic N) is 5. The normalized spacial score (nSPS) is 20.6. The maximum absolute atomic E-state index is 5.85. The Morgan fingerprint density at radius 1 is 1.50 bits per heavy atom. The topological polar surface area (TPSA) is 56.1 Å². The summed E-state index contributed by atoms with van der Waals surface area (Å²) >= 11 is 5.85. The Labute approximate surface area is 110 Å². The number of anilines is 1. The molecule has 0 N–H and O–H groups in total. The Morgan fingerprint density at radius 3 is 3.22 bits per heavy atom. The lowest BCUT2D eigenvalue weighted by atomic mass is 10.2. The standard InChI is InChI=1S/C11H14ClN5O/c1-16-10-9(5-15-16)11(14-7-13-10)17-2-3-18-8(4-12)6-17/h5,7-8H,2-4,6H2,1H3. The number of halogens is 1. The van der Waals surface area contributed by atoms with Crippen LogP contribution in [0.5, 0.6) is 0 Å². The van der Waals surface area contributed by atoms with Gasteiger partial charge in [-0.05, 0) is 0 Å². The van der Waals surface area contributed by atoms with E-state index in [4.69, 9.17) is 16.3 Å². The predicted octanol–water partition coefficient (Wildman–Crippen LogP) is 0.807. The lowest BCUT2D eigenvalue weighted by Gasteiger charge is -2.32. The highest BCUT2D eigenvalue weighted by molar-refractivity contribution is 6.18. The summed E-state index contributed by atoms with van der Waals surface area (Å²) in [6.07, 6.45) is 3.43. The third-order valence-electron chi connectivity index (χ3n) is 3.12. The van der Waals surface area contributed by atoms with E-state index in [0.717, 1.165) is 29.9 Å². The Bertz CT molecular complexity index is 557. The van der Waals surface area contributed by atoms with Gasteiger partial charge in [0.2, 0.25) is 0 Å². The van der Waals surface area contributed by atoms with Gasteiger partial charge in [0, 0.05) is 20.1 Å². The summed E-state index contributed by atoms with van der Waals surface area (Å²) in [5.41, 5.74) is 0.842. The molecule has 0 amide bonds. The van der Waals surface area contributed by atoms with E-state index < -0.39 is 0 Å². The van der Waals surface area contributed by atoms with Crippen LogP contribution in [0, 0.1) is 0 Å². The first kappa shape index (κ1) is 11.7. The van der Waals surface area contributed by atoms with Gasteiger partial charge in [0.1, 0.15) is 12.1 Å². The van der Waals surface area contributed by atoms with Gasteiger partial charge in [0.25, 0.3) is 0 Å².